The Morgan fingerprint density at radius 2 is 0.929 bits per heavy atom. The van der Waals surface area contributed by atoms with Gasteiger partial charge in [0.1, 0.15) is 0 Å². The molecule has 0 spiro atoms. The number of ketones is 2. The fourth-order valence-corrected chi connectivity index (χ4v) is 4.34. The van der Waals surface area contributed by atoms with E-state index < -0.39 is 20.0 Å². The lowest BCUT2D eigenvalue weighted by Crippen LogP contribution is -2.34. The summed E-state index contributed by atoms with van der Waals surface area (Å²) < 4.78 is 53.4. The predicted octanol–water partition coefficient (Wildman–Crippen LogP) is 1.35. The normalized spacial score (nSPS) is 11.9. The third kappa shape index (κ3) is 5.55. The van der Waals surface area contributed by atoms with Crippen LogP contribution in [0.1, 0.15) is 34.6 Å². The standard InChI is InChI=1S/C18H20N2O6S2/c1-13(21)15-3-7-17(8-4-15)27(23,24)19-11-12-20-28(25,26)18-9-5-16(6-10-18)14(2)22/h3-10,19-20H,11-12H2,1-2H3. The first-order chi connectivity index (χ1) is 13.0. The number of rotatable bonds is 9. The smallest absolute Gasteiger partial charge is 0.240 e. The molecule has 0 aromatic heterocycles. The van der Waals surface area contributed by atoms with Gasteiger partial charge in [0, 0.05) is 24.2 Å². The Labute approximate surface area is 164 Å². The molecule has 0 heterocycles. The van der Waals surface area contributed by atoms with Crippen molar-refractivity contribution >= 4 is 31.6 Å². The Kier molecular flexibility index (Phi) is 6.83. The van der Waals surface area contributed by atoms with Crippen molar-refractivity contribution in [1.82, 2.24) is 9.44 Å². The SMILES string of the molecule is CC(=O)c1ccc(S(=O)(=O)NCCNS(=O)(=O)c2ccc(C(C)=O)cc2)cc1. The van der Waals surface area contributed by atoms with Crippen molar-refractivity contribution in [2.75, 3.05) is 13.1 Å². The van der Waals surface area contributed by atoms with E-state index in [0.29, 0.717) is 11.1 Å². The fourth-order valence-electron chi connectivity index (χ4n) is 2.28. The highest BCUT2D eigenvalue weighted by Crippen LogP contribution is 2.12. The van der Waals surface area contributed by atoms with Gasteiger partial charge in [0.2, 0.25) is 20.0 Å². The summed E-state index contributed by atoms with van der Waals surface area (Å²) in [4.78, 5) is 22.4. The molecule has 0 bridgehead atoms. The second-order valence-corrected chi connectivity index (χ2v) is 9.49. The van der Waals surface area contributed by atoms with Crippen LogP contribution in [-0.2, 0) is 20.0 Å². The Balaban J connectivity index is 1.95. The Morgan fingerprint density at radius 3 is 1.18 bits per heavy atom. The highest BCUT2D eigenvalue weighted by atomic mass is 32.2. The Bertz CT molecular complexity index is 984. The summed E-state index contributed by atoms with van der Waals surface area (Å²) >= 11 is 0. The number of hydrogen-bond acceptors (Lipinski definition) is 6. The van der Waals surface area contributed by atoms with E-state index in [1.165, 1.54) is 62.4 Å². The van der Waals surface area contributed by atoms with Crippen LogP contribution in [0, 0.1) is 0 Å². The molecule has 150 valence electrons. The van der Waals surface area contributed by atoms with Crippen molar-refractivity contribution in [3.63, 3.8) is 0 Å². The minimum atomic E-state index is -3.83. The molecule has 0 aliphatic rings. The molecule has 0 atom stereocenters. The molecule has 8 nitrogen and oxygen atoms in total. The number of hydrogen-bond donors (Lipinski definition) is 2. The van der Waals surface area contributed by atoms with Gasteiger partial charge in [-0.2, -0.15) is 0 Å². The molecule has 0 radical (unpaired) electrons. The molecule has 0 aliphatic heterocycles. The minimum Gasteiger partial charge on any atom is -0.295 e. The molecule has 0 amide bonds. The van der Waals surface area contributed by atoms with Crippen LogP contribution >= 0.6 is 0 Å². The minimum absolute atomic E-state index is 0.0276. The number of benzene rings is 2. The van der Waals surface area contributed by atoms with Gasteiger partial charge < -0.3 is 0 Å². The van der Waals surface area contributed by atoms with Crippen molar-refractivity contribution in [3.8, 4) is 0 Å². The summed E-state index contributed by atoms with van der Waals surface area (Å²) in [6.45, 7) is 2.42. The lowest BCUT2D eigenvalue weighted by atomic mass is 10.2. The number of nitrogens with one attached hydrogen (secondary N) is 2. The van der Waals surface area contributed by atoms with Crippen LogP contribution in [0.15, 0.2) is 58.3 Å². The summed E-state index contributed by atoms with van der Waals surface area (Å²) in [6.07, 6.45) is 0. The topological polar surface area (TPSA) is 126 Å². The van der Waals surface area contributed by atoms with Gasteiger partial charge in [0.15, 0.2) is 11.6 Å². The zero-order valence-corrected chi connectivity index (χ0v) is 16.9. The first-order valence-electron chi connectivity index (χ1n) is 8.24. The second kappa shape index (κ2) is 8.74. The highest BCUT2D eigenvalue weighted by molar-refractivity contribution is 7.89. The van der Waals surface area contributed by atoms with Gasteiger partial charge in [-0.15, -0.1) is 0 Å². The molecule has 2 aromatic rings. The van der Waals surface area contributed by atoms with Crippen molar-refractivity contribution in [3.05, 3.63) is 59.7 Å². The molecule has 0 saturated heterocycles. The van der Waals surface area contributed by atoms with Crippen molar-refractivity contribution in [2.24, 2.45) is 0 Å². The Hall–Kier alpha value is -2.40. The third-order valence-corrected chi connectivity index (χ3v) is 6.81. The van der Waals surface area contributed by atoms with Crippen LogP contribution in [0.4, 0.5) is 0 Å². The van der Waals surface area contributed by atoms with Crippen molar-refractivity contribution < 1.29 is 26.4 Å². The summed E-state index contributed by atoms with van der Waals surface area (Å²) in [6, 6.07) is 10.8. The number of Topliss-reactive ketones (excluding diaryl/α,β-unsaturated/α-hetero) is 2. The number of carbonyl (C=O) groups is 2. The fraction of sp³-hybridized carbons (Fsp3) is 0.222. The molecule has 2 N–H and O–H groups in total. The van der Waals surface area contributed by atoms with Crippen LogP contribution in [0.25, 0.3) is 0 Å². The Morgan fingerprint density at radius 1 is 0.643 bits per heavy atom. The molecule has 0 fully saturated rings. The van der Waals surface area contributed by atoms with Crippen molar-refractivity contribution in [2.45, 2.75) is 23.6 Å². The third-order valence-electron chi connectivity index (χ3n) is 3.85. The zero-order valence-electron chi connectivity index (χ0n) is 15.3. The van der Waals surface area contributed by atoms with Gasteiger partial charge in [-0.1, -0.05) is 24.3 Å². The highest BCUT2D eigenvalue weighted by Gasteiger charge is 2.16. The van der Waals surface area contributed by atoms with E-state index in [2.05, 4.69) is 9.44 Å². The van der Waals surface area contributed by atoms with Crippen LogP contribution in [0.3, 0.4) is 0 Å². The summed E-state index contributed by atoms with van der Waals surface area (Å²) in [7, 11) is -7.67. The van der Waals surface area contributed by atoms with Crippen LogP contribution in [0.2, 0.25) is 0 Å². The van der Waals surface area contributed by atoms with E-state index in [4.69, 9.17) is 0 Å². The molecule has 0 saturated carbocycles. The molecule has 28 heavy (non-hydrogen) atoms. The van der Waals surface area contributed by atoms with E-state index in [0.717, 1.165) is 0 Å². The van der Waals surface area contributed by atoms with Gasteiger partial charge in [0.05, 0.1) is 9.79 Å². The quantitative estimate of drug-likeness (QED) is 0.462. The maximum Gasteiger partial charge on any atom is 0.240 e. The monoisotopic (exact) mass is 424 g/mol. The molecule has 10 heteroatoms. The van der Waals surface area contributed by atoms with Crippen molar-refractivity contribution in [1.29, 1.82) is 0 Å². The van der Waals surface area contributed by atoms with E-state index in [1.807, 2.05) is 0 Å². The summed E-state index contributed by atoms with van der Waals surface area (Å²) in [5.41, 5.74) is 0.782. The first-order valence-corrected chi connectivity index (χ1v) is 11.2. The van der Waals surface area contributed by atoms with Crippen LogP contribution in [0.5, 0.6) is 0 Å². The van der Waals surface area contributed by atoms with Gasteiger partial charge in [-0.3, -0.25) is 9.59 Å². The van der Waals surface area contributed by atoms with Gasteiger partial charge in [-0.25, -0.2) is 26.3 Å². The largest absolute Gasteiger partial charge is 0.295 e. The summed E-state index contributed by atoms with van der Waals surface area (Å²) in [5.74, 6) is -0.356. The average Bonchev–Trinajstić information content (AvgIpc) is 2.65. The molecular weight excluding hydrogens is 404 g/mol. The lowest BCUT2D eigenvalue weighted by Gasteiger charge is -2.09. The van der Waals surface area contributed by atoms with Gasteiger partial charge >= 0.3 is 0 Å². The maximum atomic E-state index is 12.2. The van der Waals surface area contributed by atoms with E-state index >= 15 is 0 Å². The zero-order chi connectivity index (χ0) is 20.9. The van der Waals surface area contributed by atoms with Crippen LogP contribution < -0.4 is 9.44 Å². The first kappa shape index (κ1) is 21.9. The average molecular weight is 425 g/mol. The van der Waals surface area contributed by atoms with E-state index in [1.54, 1.807) is 0 Å². The molecule has 0 unspecified atom stereocenters. The van der Waals surface area contributed by atoms with Gasteiger partial charge in [0.25, 0.3) is 0 Å². The predicted molar refractivity (Wildman–Crippen MR) is 103 cm³/mol. The van der Waals surface area contributed by atoms with Gasteiger partial charge in [-0.05, 0) is 38.1 Å². The number of carbonyl (C=O) groups excluding carboxylic acids is 2. The van der Waals surface area contributed by atoms with Crippen LogP contribution in [-0.4, -0.2) is 41.5 Å². The molecule has 2 aromatic carbocycles. The molecular formula is C18H20N2O6S2. The van der Waals surface area contributed by atoms with E-state index in [-0.39, 0.29) is 34.4 Å². The lowest BCUT2D eigenvalue weighted by molar-refractivity contribution is 0.100. The maximum absolute atomic E-state index is 12.2. The molecule has 0 aliphatic carbocycles. The summed E-state index contributed by atoms with van der Waals surface area (Å²) in [5, 5.41) is 0. The van der Waals surface area contributed by atoms with E-state index in [9.17, 15) is 26.4 Å². The molecule has 2 rings (SSSR count). The number of sulfonamides is 2. The second-order valence-electron chi connectivity index (χ2n) is 5.96.